The molecule has 3 rings (SSSR count). The normalized spacial score (nSPS) is 22.1. The maximum atomic E-state index is 12.5. The lowest BCUT2D eigenvalue weighted by Crippen LogP contribution is -2.52. The van der Waals surface area contributed by atoms with Gasteiger partial charge in [-0.3, -0.25) is 9.69 Å². The Labute approximate surface area is 173 Å². The van der Waals surface area contributed by atoms with E-state index >= 15 is 0 Å². The second kappa shape index (κ2) is 9.63. The fourth-order valence-corrected chi connectivity index (χ4v) is 5.52. The van der Waals surface area contributed by atoms with Crippen molar-refractivity contribution in [1.29, 1.82) is 0 Å². The minimum absolute atomic E-state index is 0.0334. The van der Waals surface area contributed by atoms with Crippen LogP contribution < -0.4 is 9.47 Å². The SMILES string of the molecule is CCCOc1ccc(/C=C/C(=O)N2CCN(C3CCS(=O)(=O)C3)CC2)cc1OC. The van der Waals surface area contributed by atoms with E-state index in [-0.39, 0.29) is 23.5 Å². The number of piperazine rings is 1. The number of hydrogen-bond acceptors (Lipinski definition) is 6. The highest BCUT2D eigenvalue weighted by Gasteiger charge is 2.34. The van der Waals surface area contributed by atoms with Gasteiger partial charge < -0.3 is 14.4 Å². The Kier molecular flexibility index (Phi) is 7.18. The molecule has 2 heterocycles. The number of benzene rings is 1. The molecule has 1 aromatic carbocycles. The Morgan fingerprint density at radius 2 is 1.97 bits per heavy atom. The molecule has 0 aliphatic carbocycles. The molecular formula is C21H30N2O5S. The van der Waals surface area contributed by atoms with E-state index in [9.17, 15) is 13.2 Å². The third-order valence-electron chi connectivity index (χ3n) is 5.42. The summed E-state index contributed by atoms with van der Waals surface area (Å²) in [4.78, 5) is 16.6. The summed E-state index contributed by atoms with van der Waals surface area (Å²) in [7, 11) is -1.28. The molecule has 1 aromatic rings. The molecule has 1 unspecified atom stereocenters. The molecule has 0 aromatic heterocycles. The first-order valence-corrected chi connectivity index (χ1v) is 12.0. The minimum atomic E-state index is -2.88. The lowest BCUT2D eigenvalue weighted by atomic mass is 10.1. The van der Waals surface area contributed by atoms with Gasteiger partial charge in [0.2, 0.25) is 5.91 Å². The van der Waals surface area contributed by atoms with Gasteiger partial charge >= 0.3 is 0 Å². The zero-order valence-corrected chi connectivity index (χ0v) is 18.0. The summed E-state index contributed by atoms with van der Waals surface area (Å²) in [5, 5.41) is 0. The minimum Gasteiger partial charge on any atom is -0.493 e. The number of methoxy groups -OCH3 is 1. The van der Waals surface area contributed by atoms with E-state index in [1.807, 2.05) is 30.0 Å². The quantitative estimate of drug-likeness (QED) is 0.624. The van der Waals surface area contributed by atoms with Crippen LogP contribution in [0.1, 0.15) is 25.3 Å². The van der Waals surface area contributed by atoms with Gasteiger partial charge in [-0.2, -0.15) is 0 Å². The second-order valence-electron chi connectivity index (χ2n) is 7.51. The van der Waals surface area contributed by atoms with Crippen molar-refractivity contribution in [3.8, 4) is 11.5 Å². The summed E-state index contributed by atoms with van der Waals surface area (Å²) >= 11 is 0. The van der Waals surface area contributed by atoms with Crippen molar-refractivity contribution in [3.05, 3.63) is 29.8 Å². The van der Waals surface area contributed by atoms with Gasteiger partial charge in [-0.25, -0.2) is 8.42 Å². The standard InChI is InChI=1S/C21H30N2O5S/c1-3-13-28-19-6-4-17(15-20(19)27-2)5-7-21(24)23-11-9-22(10-12-23)18-8-14-29(25,26)16-18/h4-7,15,18H,3,8-14,16H2,1-2H3/b7-5+. The van der Waals surface area contributed by atoms with Crippen LogP contribution in [0.25, 0.3) is 6.08 Å². The third kappa shape index (κ3) is 5.73. The Hall–Kier alpha value is -2.06. The van der Waals surface area contributed by atoms with Crippen LogP contribution in [-0.2, 0) is 14.6 Å². The van der Waals surface area contributed by atoms with E-state index in [4.69, 9.17) is 9.47 Å². The van der Waals surface area contributed by atoms with E-state index in [1.54, 1.807) is 19.3 Å². The second-order valence-corrected chi connectivity index (χ2v) is 9.74. The fraction of sp³-hybridized carbons (Fsp3) is 0.571. The molecule has 8 heteroatoms. The maximum Gasteiger partial charge on any atom is 0.246 e. The summed E-state index contributed by atoms with van der Waals surface area (Å²) in [5.41, 5.74) is 0.869. The molecule has 0 saturated carbocycles. The average Bonchev–Trinajstić information content (AvgIpc) is 3.10. The fourth-order valence-electron chi connectivity index (χ4n) is 3.76. The van der Waals surface area contributed by atoms with Crippen LogP contribution in [0.3, 0.4) is 0 Å². The zero-order valence-electron chi connectivity index (χ0n) is 17.2. The van der Waals surface area contributed by atoms with Crippen molar-refractivity contribution in [2.45, 2.75) is 25.8 Å². The number of rotatable bonds is 7. The molecule has 0 radical (unpaired) electrons. The van der Waals surface area contributed by atoms with E-state index < -0.39 is 9.84 Å². The van der Waals surface area contributed by atoms with Crippen LogP contribution >= 0.6 is 0 Å². The van der Waals surface area contributed by atoms with Crippen molar-refractivity contribution in [1.82, 2.24) is 9.80 Å². The van der Waals surface area contributed by atoms with Crippen LogP contribution in [0, 0.1) is 0 Å². The van der Waals surface area contributed by atoms with Crippen LogP contribution in [0.15, 0.2) is 24.3 Å². The molecule has 2 fully saturated rings. The largest absolute Gasteiger partial charge is 0.493 e. The first-order valence-electron chi connectivity index (χ1n) is 10.1. The van der Waals surface area contributed by atoms with Gasteiger partial charge in [0.1, 0.15) is 0 Å². The number of hydrogen-bond donors (Lipinski definition) is 0. The summed E-state index contributed by atoms with van der Waals surface area (Å²) in [6.07, 6.45) is 4.99. The average molecular weight is 423 g/mol. The van der Waals surface area contributed by atoms with Gasteiger partial charge in [0.25, 0.3) is 0 Å². The molecule has 7 nitrogen and oxygen atoms in total. The smallest absolute Gasteiger partial charge is 0.246 e. The van der Waals surface area contributed by atoms with Gasteiger partial charge in [-0.1, -0.05) is 13.0 Å². The van der Waals surface area contributed by atoms with Gasteiger partial charge in [0.05, 0.1) is 25.2 Å². The molecule has 2 aliphatic rings. The van der Waals surface area contributed by atoms with Gasteiger partial charge in [-0.05, 0) is 36.6 Å². The number of nitrogens with zero attached hydrogens (tertiary/aromatic N) is 2. The van der Waals surface area contributed by atoms with E-state index in [1.165, 1.54) is 0 Å². The lowest BCUT2D eigenvalue weighted by molar-refractivity contribution is -0.127. The van der Waals surface area contributed by atoms with Crippen molar-refractivity contribution >= 4 is 21.8 Å². The van der Waals surface area contributed by atoms with Crippen LogP contribution in [0.4, 0.5) is 0 Å². The molecule has 0 spiro atoms. The molecule has 0 bridgehead atoms. The van der Waals surface area contributed by atoms with E-state index in [2.05, 4.69) is 4.90 Å². The highest BCUT2D eigenvalue weighted by Crippen LogP contribution is 2.28. The summed E-state index contributed by atoms with van der Waals surface area (Å²) in [5.74, 6) is 1.84. The first-order chi connectivity index (χ1) is 13.9. The Balaban J connectivity index is 1.53. The van der Waals surface area contributed by atoms with Gasteiger partial charge in [0, 0.05) is 38.3 Å². The third-order valence-corrected chi connectivity index (χ3v) is 7.17. The van der Waals surface area contributed by atoms with Crippen molar-refractivity contribution in [3.63, 3.8) is 0 Å². The van der Waals surface area contributed by atoms with E-state index in [0.29, 0.717) is 37.6 Å². The first kappa shape index (κ1) is 21.6. The number of sulfone groups is 1. The predicted octanol–water partition coefficient (Wildman–Crippen LogP) is 1.83. The van der Waals surface area contributed by atoms with Crippen LogP contribution in [0.2, 0.25) is 0 Å². The highest BCUT2D eigenvalue weighted by atomic mass is 32.2. The summed E-state index contributed by atoms with van der Waals surface area (Å²) < 4.78 is 34.4. The topological polar surface area (TPSA) is 76.2 Å². The molecule has 1 amide bonds. The zero-order chi connectivity index (χ0) is 20.9. The number of carbonyl (C=O) groups is 1. The molecule has 160 valence electrons. The molecule has 2 saturated heterocycles. The van der Waals surface area contributed by atoms with Crippen molar-refractivity contribution < 1.29 is 22.7 Å². The number of ether oxygens (including phenoxy) is 2. The van der Waals surface area contributed by atoms with Gasteiger partial charge in [-0.15, -0.1) is 0 Å². The molecular weight excluding hydrogens is 392 g/mol. The van der Waals surface area contributed by atoms with Crippen LogP contribution in [0.5, 0.6) is 11.5 Å². The predicted molar refractivity (Wildman–Crippen MR) is 113 cm³/mol. The molecule has 1 atom stereocenters. The van der Waals surface area contributed by atoms with Crippen LogP contribution in [-0.4, -0.2) is 81.6 Å². The summed E-state index contributed by atoms with van der Waals surface area (Å²) in [6, 6.07) is 5.71. The summed E-state index contributed by atoms with van der Waals surface area (Å²) in [6.45, 7) is 5.35. The highest BCUT2D eigenvalue weighted by molar-refractivity contribution is 7.91. The number of carbonyl (C=O) groups excluding carboxylic acids is 1. The monoisotopic (exact) mass is 422 g/mol. The molecule has 2 aliphatic heterocycles. The molecule has 29 heavy (non-hydrogen) atoms. The van der Waals surface area contributed by atoms with Crippen molar-refractivity contribution in [2.24, 2.45) is 0 Å². The van der Waals surface area contributed by atoms with Crippen molar-refractivity contribution in [2.75, 3.05) is 51.4 Å². The maximum absolute atomic E-state index is 12.5. The van der Waals surface area contributed by atoms with Gasteiger partial charge in [0.15, 0.2) is 21.3 Å². The Morgan fingerprint density at radius 3 is 2.59 bits per heavy atom. The Bertz CT molecular complexity index is 845. The molecule has 0 N–H and O–H groups in total. The number of amides is 1. The lowest BCUT2D eigenvalue weighted by Gasteiger charge is -2.37. The Morgan fingerprint density at radius 1 is 1.21 bits per heavy atom. The van der Waals surface area contributed by atoms with E-state index in [0.717, 1.165) is 25.1 Å².